The van der Waals surface area contributed by atoms with Gasteiger partial charge >= 0.3 is 0 Å². The quantitative estimate of drug-likeness (QED) is 0.713. The third-order valence-electron chi connectivity index (χ3n) is 5.27. The average molecular weight is 363 g/mol. The summed E-state index contributed by atoms with van der Waals surface area (Å²) < 4.78 is 7.28. The maximum absolute atomic E-state index is 12.9. The molecular weight excluding hydrogens is 338 g/mol. The van der Waals surface area contributed by atoms with Crippen LogP contribution in [-0.2, 0) is 11.3 Å². The summed E-state index contributed by atoms with van der Waals surface area (Å²) in [7, 11) is 1.68. The fraction of sp³-hybridized carbons (Fsp3) is 0.318. The minimum Gasteiger partial charge on any atom is -0.497 e. The second-order valence-electron chi connectivity index (χ2n) is 6.92. The first-order valence-corrected chi connectivity index (χ1v) is 9.45. The molecule has 1 aromatic heterocycles. The van der Waals surface area contributed by atoms with Crippen molar-refractivity contribution in [2.45, 2.75) is 13.0 Å². The number of rotatable bonds is 4. The highest BCUT2D eigenvalue weighted by Crippen LogP contribution is 2.21. The Labute approximate surface area is 159 Å². The van der Waals surface area contributed by atoms with Crippen LogP contribution in [0, 0.1) is 0 Å². The monoisotopic (exact) mass is 363 g/mol. The molecule has 0 radical (unpaired) electrons. The molecule has 2 aromatic carbocycles. The van der Waals surface area contributed by atoms with E-state index in [0.29, 0.717) is 6.54 Å². The van der Waals surface area contributed by atoms with Crippen molar-refractivity contribution >= 4 is 22.5 Å². The molecule has 0 saturated carbocycles. The predicted molar refractivity (Wildman–Crippen MR) is 108 cm³/mol. The lowest BCUT2D eigenvalue weighted by atomic mass is 10.2. The topological polar surface area (TPSA) is 37.7 Å². The Morgan fingerprint density at radius 2 is 1.78 bits per heavy atom. The van der Waals surface area contributed by atoms with E-state index in [-0.39, 0.29) is 5.91 Å². The molecular formula is C22H25N3O2. The molecule has 1 aliphatic rings. The lowest BCUT2D eigenvalue weighted by Crippen LogP contribution is -2.37. The van der Waals surface area contributed by atoms with Gasteiger partial charge in [0.05, 0.1) is 7.11 Å². The zero-order valence-corrected chi connectivity index (χ0v) is 15.7. The largest absolute Gasteiger partial charge is 0.497 e. The number of benzene rings is 2. The van der Waals surface area contributed by atoms with Crippen LogP contribution in [-0.4, -0.2) is 48.7 Å². The number of anilines is 1. The van der Waals surface area contributed by atoms with Crippen LogP contribution >= 0.6 is 0 Å². The van der Waals surface area contributed by atoms with Crippen molar-refractivity contribution in [1.82, 2.24) is 9.47 Å². The van der Waals surface area contributed by atoms with Crippen LogP contribution in [0.15, 0.2) is 60.8 Å². The Morgan fingerprint density at radius 1 is 0.963 bits per heavy atom. The molecule has 27 heavy (non-hydrogen) atoms. The van der Waals surface area contributed by atoms with Gasteiger partial charge in [0.2, 0.25) is 5.91 Å². The van der Waals surface area contributed by atoms with Crippen LogP contribution in [0.3, 0.4) is 0 Å². The first kappa shape index (κ1) is 17.5. The number of para-hydroxylation sites is 1. The molecule has 5 heteroatoms. The van der Waals surface area contributed by atoms with E-state index in [0.717, 1.165) is 43.9 Å². The van der Waals surface area contributed by atoms with Gasteiger partial charge in [-0.15, -0.1) is 0 Å². The first-order chi connectivity index (χ1) is 13.2. The molecule has 0 atom stereocenters. The van der Waals surface area contributed by atoms with E-state index in [2.05, 4.69) is 35.2 Å². The zero-order valence-electron chi connectivity index (χ0n) is 15.7. The van der Waals surface area contributed by atoms with Crippen LogP contribution in [0.1, 0.15) is 6.42 Å². The van der Waals surface area contributed by atoms with Gasteiger partial charge in [-0.25, -0.2) is 0 Å². The van der Waals surface area contributed by atoms with Crippen LogP contribution < -0.4 is 9.64 Å². The molecule has 3 aromatic rings. The summed E-state index contributed by atoms with van der Waals surface area (Å²) >= 11 is 0. The van der Waals surface area contributed by atoms with Gasteiger partial charge in [-0.1, -0.05) is 18.2 Å². The fourth-order valence-electron chi connectivity index (χ4n) is 3.74. The number of carbonyl (C=O) groups is 1. The summed E-state index contributed by atoms with van der Waals surface area (Å²) in [6.07, 6.45) is 2.98. The van der Waals surface area contributed by atoms with Gasteiger partial charge < -0.3 is 19.1 Å². The van der Waals surface area contributed by atoms with E-state index in [1.165, 1.54) is 11.1 Å². The number of amides is 1. The SMILES string of the molecule is COc1ccc(N2CCCN(C(=O)Cn3ccc4ccccc43)CC2)cc1. The number of ether oxygens (including phenoxy) is 1. The number of fused-ring (bicyclic) bond motifs is 1. The van der Waals surface area contributed by atoms with E-state index in [1.807, 2.05) is 39.9 Å². The van der Waals surface area contributed by atoms with Crippen molar-refractivity contribution < 1.29 is 9.53 Å². The third kappa shape index (κ3) is 3.77. The van der Waals surface area contributed by atoms with Gasteiger partial charge in [-0.05, 0) is 48.2 Å². The molecule has 5 nitrogen and oxygen atoms in total. The van der Waals surface area contributed by atoms with Crippen molar-refractivity contribution in [3.63, 3.8) is 0 Å². The molecule has 0 N–H and O–H groups in total. The summed E-state index contributed by atoms with van der Waals surface area (Å²) in [4.78, 5) is 17.2. The van der Waals surface area contributed by atoms with Gasteiger partial charge in [0.1, 0.15) is 12.3 Å². The molecule has 1 aliphatic heterocycles. The maximum atomic E-state index is 12.9. The van der Waals surface area contributed by atoms with E-state index in [1.54, 1.807) is 7.11 Å². The molecule has 2 heterocycles. The zero-order chi connectivity index (χ0) is 18.6. The van der Waals surface area contributed by atoms with E-state index < -0.39 is 0 Å². The number of nitrogens with zero attached hydrogens (tertiary/aromatic N) is 3. The highest BCUT2D eigenvalue weighted by molar-refractivity contribution is 5.83. The summed E-state index contributed by atoms with van der Waals surface area (Å²) in [6.45, 7) is 3.78. The van der Waals surface area contributed by atoms with Crippen molar-refractivity contribution in [1.29, 1.82) is 0 Å². The number of hydrogen-bond acceptors (Lipinski definition) is 3. The molecule has 0 spiro atoms. The summed E-state index contributed by atoms with van der Waals surface area (Å²) in [5, 5.41) is 1.17. The van der Waals surface area contributed by atoms with E-state index in [4.69, 9.17) is 4.74 Å². The first-order valence-electron chi connectivity index (χ1n) is 9.45. The van der Waals surface area contributed by atoms with Crippen LogP contribution in [0.25, 0.3) is 10.9 Å². The lowest BCUT2D eigenvalue weighted by molar-refractivity contribution is -0.131. The smallest absolute Gasteiger partial charge is 0.242 e. The Balaban J connectivity index is 1.40. The Hall–Kier alpha value is -2.95. The second kappa shape index (κ2) is 7.74. The van der Waals surface area contributed by atoms with Crippen molar-refractivity contribution in [2.75, 3.05) is 38.2 Å². The Kier molecular flexibility index (Phi) is 5.01. The fourth-order valence-corrected chi connectivity index (χ4v) is 3.74. The molecule has 140 valence electrons. The van der Waals surface area contributed by atoms with Crippen LogP contribution in [0.5, 0.6) is 5.75 Å². The summed E-state index contributed by atoms with van der Waals surface area (Å²) in [5.41, 5.74) is 2.29. The Bertz CT molecular complexity index is 917. The molecule has 0 bridgehead atoms. The van der Waals surface area contributed by atoms with Crippen molar-refractivity contribution in [3.8, 4) is 5.75 Å². The molecule has 1 fully saturated rings. The Morgan fingerprint density at radius 3 is 2.59 bits per heavy atom. The molecule has 0 unspecified atom stereocenters. The predicted octanol–water partition coefficient (Wildman–Crippen LogP) is 3.39. The second-order valence-corrected chi connectivity index (χ2v) is 6.92. The van der Waals surface area contributed by atoms with Gasteiger partial charge in [-0.2, -0.15) is 0 Å². The number of hydrogen-bond donors (Lipinski definition) is 0. The van der Waals surface area contributed by atoms with Crippen LogP contribution in [0.4, 0.5) is 5.69 Å². The minimum atomic E-state index is 0.188. The van der Waals surface area contributed by atoms with E-state index in [9.17, 15) is 4.79 Å². The maximum Gasteiger partial charge on any atom is 0.242 e. The number of carbonyl (C=O) groups excluding carboxylic acids is 1. The molecule has 4 rings (SSSR count). The average Bonchev–Trinajstić information content (AvgIpc) is 2.95. The van der Waals surface area contributed by atoms with Gasteiger partial charge in [0.25, 0.3) is 0 Å². The lowest BCUT2D eigenvalue weighted by Gasteiger charge is -2.24. The molecule has 1 saturated heterocycles. The highest BCUT2D eigenvalue weighted by Gasteiger charge is 2.20. The molecule has 1 amide bonds. The van der Waals surface area contributed by atoms with Crippen LogP contribution in [0.2, 0.25) is 0 Å². The minimum absolute atomic E-state index is 0.188. The van der Waals surface area contributed by atoms with Gasteiger partial charge in [-0.3, -0.25) is 4.79 Å². The number of aromatic nitrogens is 1. The van der Waals surface area contributed by atoms with Gasteiger partial charge in [0.15, 0.2) is 0 Å². The third-order valence-corrected chi connectivity index (χ3v) is 5.27. The normalized spacial score (nSPS) is 15.0. The van der Waals surface area contributed by atoms with Gasteiger partial charge in [0, 0.05) is 43.6 Å². The summed E-state index contributed by atoms with van der Waals surface area (Å²) in [5.74, 6) is 1.05. The summed E-state index contributed by atoms with van der Waals surface area (Å²) in [6, 6.07) is 18.4. The van der Waals surface area contributed by atoms with Crippen molar-refractivity contribution in [3.05, 3.63) is 60.8 Å². The van der Waals surface area contributed by atoms with E-state index >= 15 is 0 Å². The van der Waals surface area contributed by atoms with Crippen molar-refractivity contribution in [2.24, 2.45) is 0 Å². The molecule has 0 aliphatic carbocycles. The highest BCUT2D eigenvalue weighted by atomic mass is 16.5. The number of methoxy groups -OCH3 is 1. The standard InChI is InChI=1S/C22H25N3O2/c1-27-20-9-7-19(8-10-20)23-12-4-13-24(16-15-23)22(26)17-25-14-11-18-5-2-3-6-21(18)25/h2-3,5-11,14H,4,12-13,15-17H2,1H3.